The Labute approximate surface area is 87.5 Å². The number of carbonyl (C=O) groups excluding carboxylic acids is 1. The Balaban J connectivity index is 2.54. The molecule has 0 bridgehead atoms. The van der Waals surface area contributed by atoms with Gasteiger partial charge in [0.05, 0.1) is 0 Å². The largest absolute Gasteiger partial charge is 0.337 e. The van der Waals surface area contributed by atoms with Crippen molar-refractivity contribution >= 4 is 27.5 Å². The molecule has 1 heterocycles. The molecule has 13 heavy (non-hydrogen) atoms. The second-order valence-electron chi connectivity index (χ2n) is 2.91. The number of carbonyl (C=O) groups is 1. The summed E-state index contributed by atoms with van der Waals surface area (Å²) in [4.78, 5) is 13.7. The monoisotopic (exact) mass is 217 g/mol. The highest BCUT2D eigenvalue weighted by Crippen LogP contribution is 2.24. The summed E-state index contributed by atoms with van der Waals surface area (Å²) in [5, 5.41) is 0. The summed E-state index contributed by atoms with van der Waals surface area (Å²) >= 11 is 0. The van der Waals surface area contributed by atoms with E-state index in [4.69, 9.17) is 0 Å². The second kappa shape index (κ2) is 5.60. The van der Waals surface area contributed by atoms with Crippen LogP contribution in [0.2, 0.25) is 0 Å². The molecule has 0 saturated carbocycles. The van der Waals surface area contributed by atoms with E-state index in [0.29, 0.717) is 0 Å². The highest BCUT2D eigenvalue weighted by atomic mass is 33.1. The first-order chi connectivity index (χ1) is 6.25. The molecule has 0 radical (unpaired) electrons. The number of amides is 1. The summed E-state index contributed by atoms with van der Waals surface area (Å²) < 4.78 is 0. The van der Waals surface area contributed by atoms with Crippen LogP contribution < -0.4 is 0 Å². The van der Waals surface area contributed by atoms with E-state index in [1.54, 1.807) is 0 Å². The van der Waals surface area contributed by atoms with Crippen molar-refractivity contribution in [1.29, 1.82) is 0 Å². The third kappa shape index (κ3) is 3.27. The first-order valence-corrected chi connectivity index (χ1v) is 6.91. The van der Waals surface area contributed by atoms with Crippen LogP contribution in [0.1, 0.15) is 13.8 Å². The van der Waals surface area contributed by atoms with Gasteiger partial charge in [-0.2, -0.15) is 0 Å². The molecule has 0 aromatic rings. The maximum Gasteiger partial charge on any atom is 0.249 e. The molecule has 1 aliphatic heterocycles. The lowest BCUT2D eigenvalue weighted by molar-refractivity contribution is -0.126. The Morgan fingerprint density at radius 2 is 1.85 bits per heavy atom. The first kappa shape index (κ1) is 11.0. The fourth-order valence-corrected chi connectivity index (χ4v) is 3.08. The Morgan fingerprint density at radius 3 is 2.31 bits per heavy atom. The summed E-state index contributed by atoms with van der Waals surface area (Å²) in [5.41, 5.74) is 0.858. The minimum absolute atomic E-state index is 0.200. The van der Waals surface area contributed by atoms with Crippen LogP contribution in [-0.2, 0) is 4.79 Å². The van der Waals surface area contributed by atoms with Gasteiger partial charge in [-0.15, -0.1) is 0 Å². The van der Waals surface area contributed by atoms with Crippen molar-refractivity contribution in [3.05, 3.63) is 11.6 Å². The molecular formula is C9H15NOS2. The maximum absolute atomic E-state index is 11.7. The molecule has 1 fully saturated rings. The van der Waals surface area contributed by atoms with Crippen LogP contribution in [0, 0.1) is 0 Å². The minimum Gasteiger partial charge on any atom is -0.337 e. The quantitative estimate of drug-likeness (QED) is 0.496. The van der Waals surface area contributed by atoms with Gasteiger partial charge in [0, 0.05) is 30.2 Å². The average molecular weight is 217 g/mol. The van der Waals surface area contributed by atoms with E-state index in [9.17, 15) is 4.79 Å². The summed E-state index contributed by atoms with van der Waals surface area (Å²) in [7, 11) is 3.72. The molecule has 0 unspecified atom stereocenters. The molecule has 2 nitrogen and oxygen atoms in total. The molecule has 1 saturated heterocycles. The fourth-order valence-electron chi connectivity index (χ4n) is 1.10. The van der Waals surface area contributed by atoms with Gasteiger partial charge in [-0.1, -0.05) is 27.7 Å². The molecule has 1 aliphatic rings. The molecule has 1 rings (SSSR count). The van der Waals surface area contributed by atoms with Crippen LogP contribution in [-0.4, -0.2) is 35.4 Å². The van der Waals surface area contributed by atoms with Crippen molar-refractivity contribution in [3.63, 3.8) is 0 Å². The van der Waals surface area contributed by atoms with Crippen LogP contribution in [0.15, 0.2) is 11.6 Å². The SMILES string of the molecule is C/C=C(/C)C(=O)N1CCSSCC1. The predicted octanol–water partition coefficient (Wildman–Crippen LogP) is 2.18. The van der Waals surface area contributed by atoms with E-state index >= 15 is 0 Å². The first-order valence-electron chi connectivity index (χ1n) is 4.42. The molecule has 74 valence electrons. The zero-order valence-electron chi connectivity index (χ0n) is 8.08. The number of hydrogen-bond donors (Lipinski definition) is 0. The number of nitrogens with zero attached hydrogens (tertiary/aromatic N) is 1. The Bertz CT molecular complexity index is 208. The normalized spacial score (nSPS) is 19.8. The average Bonchev–Trinajstić information content (AvgIpc) is 2.43. The lowest BCUT2D eigenvalue weighted by atomic mass is 10.2. The Hall–Kier alpha value is -0.0900. The molecular weight excluding hydrogens is 202 g/mol. The molecule has 1 amide bonds. The van der Waals surface area contributed by atoms with Gasteiger partial charge in [-0.25, -0.2) is 0 Å². The van der Waals surface area contributed by atoms with Crippen molar-refractivity contribution < 1.29 is 4.79 Å². The van der Waals surface area contributed by atoms with Crippen molar-refractivity contribution in [2.75, 3.05) is 24.6 Å². The molecule has 0 aromatic carbocycles. The number of allylic oxidation sites excluding steroid dienone is 1. The standard InChI is InChI=1S/C9H15NOS2/c1-3-8(2)9(11)10-4-6-12-13-7-5-10/h3H,4-7H2,1-2H3/b8-3-. The van der Waals surface area contributed by atoms with E-state index < -0.39 is 0 Å². The van der Waals surface area contributed by atoms with Gasteiger partial charge in [0.15, 0.2) is 0 Å². The van der Waals surface area contributed by atoms with Crippen LogP contribution in [0.4, 0.5) is 0 Å². The van der Waals surface area contributed by atoms with Crippen molar-refractivity contribution in [3.8, 4) is 0 Å². The van der Waals surface area contributed by atoms with Gasteiger partial charge in [-0.05, 0) is 13.8 Å². The van der Waals surface area contributed by atoms with Crippen molar-refractivity contribution in [2.45, 2.75) is 13.8 Å². The van der Waals surface area contributed by atoms with Gasteiger partial charge in [0.25, 0.3) is 0 Å². The van der Waals surface area contributed by atoms with Gasteiger partial charge in [0.2, 0.25) is 5.91 Å². The number of hydrogen-bond acceptors (Lipinski definition) is 3. The van der Waals surface area contributed by atoms with Crippen molar-refractivity contribution in [2.24, 2.45) is 0 Å². The Morgan fingerprint density at radius 1 is 1.31 bits per heavy atom. The summed E-state index contributed by atoms with van der Waals surface area (Å²) in [6.45, 7) is 5.57. The zero-order chi connectivity index (χ0) is 9.68. The van der Waals surface area contributed by atoms with Crippen LogP contribution in [0.25, 0.3) is 0 Å². The highest BCUT2D eigenvalue weighted by molar-refractivity contribution is 8.76. The second-order valence-corrected chi connectivity index (χ2v) is 5.61. The molecule has 0 aliphatic carbocycles. The summed E-state index contributed by atoms with van der Waals surface area (Å²) in [6.07, 6.45) is 1.88. The fraction of sp³-hybridized carbons (Fsp3) is 0.667. The molecule has 4 heteroatoms. The van der Waals surface area contributed by atoms with Crippen LogP contribution >= 0.6 is 21.6 Å². The van der Waals surface area contributed by atoms with Gasteiger partial charge >= 0.3 is 0 Å². The summed E-state index contributed by atoms with van der Waals surface area (Å²) in [5.74, 6) is 2.30. The zero-order valence-corrected chi connectivity index (χ0v) is 9.71. The molecule has 0 aromatic heterocycles. The maximum atomic E-state index is 11.7. The van der Waals surface area contributed by atoms with E-state index in [1.807, 2.05) is 46.4 Å². The number of rotatable bonds is 1. The van der Waals surface area contributed by atoms with E-state index in [-0.39, 0.29) is 5.91 Å². The van der Waals surface area contributed by atoms with E-state index in [0.717, 1.165) is 30.2 Å². The van der Waals surface area contributed by atoms with Gasteiger partial charge in [0.1, 0.15) is 0 Å². The third-order valence-electron chi connectivity index (χ3n) is 2.03. The highest BCUT2D eigenvalue weighted by Gasteiger charge is 2.16. The van der Waals surface area contributed by atoms with Crippen LogP contribution in [0.5, 0.6) is 0 Å². The third-order valence-corrected chi connectivity index (χ3v) is 4.40. The lowest BCUT2D eigenvalue weighted by Crippen LogP contribution is -2.34. The predicted molar refractivity (Wildman–Crippen MR) is 60.9 cm³/mol. The van der Waals surface area contributed by atoms with E-state index in [1.165, 1.54) is 0 Å². The van der Waals surface area contributed by atoms with Gasteiger partial charge in [-0.3, -0.25) is 4.79 Å². The Kier molecular flexibility index (Phi) is 4.73. The van der Waals surface area contributed by atoms with Crippen molar-refractivity contribution in [1.82, 2.24) is 4.90 Å². The lowest BCUT2D eigenvalue weighted by Gasteiger charge is -2.19. The topological polar surface area (TPSA) is 20.3 Å². The van der Waals surface area contributed by atoms with Crippen LogP contribution in [0.3, 0.4) is 0 Å². The molecule has 0 atom stereocenters. The van der Waals surface area contributed by atoms with Gasteiger partial charge < -0.3 is 4.90 Å². The minimum atomic E-state index is 0.200. The van der Waals surface area contributed by atoms with E-state index in [2.05, 4.69) is 0 Å². The molecule has 0 N–H and O–H groups in total. The summed E-state index contributed by atoms with van der Waals surface area (Å²) in [6, 6.07) is 0. The molecule has 0 spiro atoms. The smallest absolute Gasteiger partial charge is 0.249 e.